The van der Waals surface area contributed by atoms with Crippen molar-refractivity contribution in [3.63, 3.8) is 0 Å². The van der Waals surface area contributed by atoms with Crippen LogP contribution in [0.15, 0.2) is 28.7 Å². The first-order chi connectivity index (χ1) is 11.8. The quantitative estimate of drug-likeness (QED) is 0.573. The van der Waals surface area contributed by atoms with Crippen molar-refractivity contribution in [2.45, 2.75) is 20.1 Å². The molecule has 1 saturated heterocycles. The summed E-state index contributed by atoms with van der Waals surface area (Å²) in [6, 6.07) is 8.26. The Bertz CT molecular complexity index is 660. The SMILES string of the molecule is Cc1oc(-c2ccc(CN3CCOCC3)cc2)nc1COCC=O. The molecular weight excluding hydrogens is 308 g/mol. The van der Waals surface area contributed by atoms with Crippen molar-refractivity contribution in [3.05, 3.63) is 41.3 Å². The van der Waals surface area contributed by atoms with E-state index in [2.05, 4.69) is 22.0 Å². The lowest BCUT2D eigenvalue weighted by atomic mass is 10.1. The first-order valence-electron chi connectivity index (χ1n) is 8.13. The summed E-state index contributed by atoms with van der Waals surface area (Å²) in [7, 11) is 0. The maximum absolute atomic E-state index is 10.3. The molecule has 0 bridgehead atoms. The Labute approximate surface area is 141 Å². The van der Waals surface area contributed by atoms with Crippen LogP contribution < -0.4 is 0 Å². The fraction of sp³-hybridized carbons (Fsp3) is 0.444. The predicted octanol–water partition coefficient (Wildman–Crippen LogP) is 2.20. The molecular formula is C18H22N2O4. The van der Waals surface area contributed by atoms with E-state index in [1.807, 2.05) is 19.1 Å². The van der Waals surface area contributed by atoms with Crippen LogP contribution in [0, 0.1) is 6.92 Å². The molecule has 128 valence electrons. The number of hydrogen-bond acceptors (Lipinski definition) is 6. The van der Waals surface area contributed by atoms with Crippen LogP contribution in [0.3, 0.4) is 0 Å². The zero-order valence-corrected chi connectivity index (χ0v) is 13.9. The maximum atomic E-state index is 10.3. The number of carbonyl (C=O) groups excluding carboxylic acids is 1. The van der Waals surface area contributed by atoms with Gasteiger partial charge < -0.3 is 18.7 Å². The molecule has 0 unspecified atom stereocenters. The molecule has 2 heterocycles. The Morgan fingerprint density at radius 2 is 2.00 bits per heavy atom. The number of carbonyl (C=O) groups is 1. The Morgan fingerprint density at radius 1 is 1.25 bits per heavy atom. The molecule has 6 nitrogen and oxygen atoms in total. The number of hydrogen-bond donors (Lipinski definition) is 0. The summed E-state index contributed by atoms with van der Waals surface area (Å²) in [6.45, 7) is 6.70. The molecule has 0 amide bonds. The van der Waals surface area contributed by atoms with Crippen LogP contribution >= 0.6 is 0 Å². The molecule has 2 aromatic rings. The van der Waals surface area contributed by atoms with Gasteiger partial charge in [-0.15, -0.1) is 0 Å². The molecule has 0 radical (unpaired) electrons. The van der Waals surface area contributed by atoms with Gasteiger partial charge in [0.15, 0.2) is 0 Å². The second-order valence-electron chi connectivity index (χ2n) is 5.79. The fourth-order valence-electron chi connectivity index (χ4n) is 2.66. The highest BCUT2D eigenvalue weighted by atomic mass is 16.5. The van der Waals surface area contributed by atoms with Crippen molar-refractivity contribution < 1.29 is 18.7 Å². The van der Waals surface area contributed by atoms with Gasteiger partial charge in [-0.3, -0.25) is 4.90 Å². The van der Waals surface area contributed by atoms with Crippen LogP contribution in [0.5, 0.6) is 0 Å². The molecule has 0 N–H and O–H groups in total. The Kier molecular flexibility index (Phi) is 5.74. The van der Waals surface area contributed by atoms with Crippen molar-refractivity contribution >= 4 is 6.29 Å². The van der Waals surface area contributed by atoms with Crippen molar-refractivity contribution in [2.75, 3.05) is 32.9 Å². The summed E-state index contributed by atoms with van der Waals surface area (Å²) in [5, 5.41) is 0. The van der Waals surface area contributed by atoms with Gasteiger partial charge in [0.05, 0.1) is 19.8 Å². The van der Waals surface area contributed by atoms with E-state index in [1.54, 1.807) is 0 Å². The van der Waals surface area contributed by atoms with Crippen LogP contribution in [0.2, 0.25) is 0 Å². The molecule has 1 aromatic carbocycles. The van der Waals surface area contributed by atoms with E-state index in [4.69, 9.17) is 13.9 Å². The third kappa shape index (κ3) is 4.29. The fourth-order valence-corrected chi connectivity index (χ4v) is 2.66. The lowest BCUT2D eigenvalue weighted by Gasteiger charge is -2.26. The molecule has 3 rings (SSSR count). The van der Waals surface area contributed by atoms with E-state index >= 15 is 0 Å². The van der Waals surface area contributed by atoms with E-state index < -0.39 is 0 Å². The van der Waals surface area contributed by atoms with Crippen molar-refractivity contribution in [2.24, 2.45) is 0 Å². The minimum atomic E-state index is 0.0673. The van der Waals surface area contributed by atoms with Gasteiger partial charge in [-0.2, -0.15) is 0 Å². The molecule has 1 fully saturated rings. The average Bonchev–Trinajstić information content (AvgIpc) is 2.98. The lowest BCUT2D eigenvalue weighted by molar-refractivity contribution is -0.112. The number of rotatable bonds is 7. The van der Waals surface area contributed by atoms with Gasteiger partial charge in [-0.25, -0.2) is 4.98 Å². The zero-order valence-electron chi connectivity index (χ0n) is 13.9. The normalized spacial score (nSPS) is 15.5. The molecule has 1 aliphatic heterocycles. The number of oxazole rings is 1. The van der Waals surface area contributed by atoms with E-state index in [-0.39, 0.29) is 13.2 Å². The third-order valence-electron chi connectivity index (χ3n) is 4.03. The van der Waals surface area contributed by atoms with Gasteiger partial charge in [0.1, 0.15) is 24.3 Å². The highest BCUT2D eigenvalue weighted by molar-refractivity contribution is 5.54. The monoisotopic (exact) mass is 330 g/mol. The van der Waals surface area contributed by atoms with Crippen molar-refractivity contribution in [1.82, 2.24) is 9.88 Å². The Morgan fingerprint density at radius 3 is 2.71 bits per heavy atom. The largest absolute Gasteiger partial charge is 0.441 e. The van der Waals surface area contributed by atoms with Crippen LogP contribution in [-0.4, -0.2) is 49.1 Å². The minimum Gasteiger partial charge on any atom is -0.441 e. The van der Waals surface area contributed by atoms with Gasteiger partial charge in [-0.05, 0) is 24.6 Å². The number of morpholine rings is 1. The first-order valence-corrected chi connectivity index (χ1v) is 8.13. The molecule has 6 heteroatoms. The molecule has 0 spiro atoms. The number of ether oxygens (including phenoxy) is 2. The molecule has 1 aromatic heterocycles. The standard InChI is InChI=1S/C18H22N2O4/c1-14-17(13-23-11-8-21)19-18(24-14)16-4-2-15(3-5-16)12-20-6-9-22-10-7-20/h2-5,8H,6-7,9-13H2,1H3. The van der Waals surface area contributed by atoms with Gasteiger partial charge in [-0.1, -0.05) is 12.1 Å². The number of nitrogens with zero attached hydrogens (tertiary/aromatic N) is 2. The summed E-state index contributed by atoms with van der Waals surface area (Å²) in [5.41, 5.74) is 2.92. The average molecular weight is 330 g/mol. The first kappa shape index (κ1) is 16.8. The lowest BCUT2D eigenvalue weighted by Crippen LogP contribution is -2.35. The summed E-state index contributed by atoms with van der Waals surface area (Å²) in [6.07, 6.45) is 0.726. The van der Waals surface area contributed by atoms with E-state index in [1.165, 1.54) is 5.56 Å². The molecule has 24 heavy (non-hydrogen) atoms. The van der Waals surface area contributed by atoms with Gasteiger partial charge in [0, 0.05) is 25.2 Å². The van der Waals surface area contributed by atoms with Crippen LogP contribution in [0.1, 0.15) is 17.0 Å². The van der Waals surface area contributed by atoms with E-state index in [9.17, 15) is 4.79 Å². The number of aromatic nitrogens is 1. The third-order valence-corrected chi connectivity index (χ3v) is 4.03. The Balaban J connectivity index is 1.64. The summed E-state index contributed by atoms with van der Waals surface area (Å²) >= 11 is 0. The molecule has 0 saturated carbocycles. The second kappa shape index (κ2) is 8.19. The minimum absolute atomic E-state index is 0.0673. The van der Waals surface area contributed by atoms with Gasteiger partial charge in [0.2, 0.25) is 5.89 Å². The second-order valence-corrected chi connectivity index (χ2v) is 5.79. The molecule has 1 aliphatic rings. The highest BCUT2D eigenvalue weighted by Gasteiger charge is 2.13. The highest BCUT2D eigenvalue weighted by Crippen LogP contribution is 2.23. The number of aryl methyl sites for hydroxylation is 1. The number of benzene rings is 1. The predicted molar refractivity (Wildman–Crippen MR) is 88.5 cm³/mol. The van der Waals surface area contributed by atoms with Gasteiger partial charge >= 0.3 is 0 Å². The topological polar surface area (TPSA) is 64.8 Å². The van der Waals surface area contributed by atoms with Crippen LogP contribution in [-0.2, 0) is 27.4 Å². The van der Waals surface area contributed by atoms with Crippen LogP contribution in [0.25, 0.3) is 11.5 Å². The number of aldehydes is 1. The smallest absolute Gasteiger partial charge is 0.226 e. The van der Waals surface area contributed by atoms with Crippen molar-refractivity contribution in [3.8, 4) is 11.5 Å². The van der Waals surface area contributed by atoms with E-state index in [0.717, 1.165) is 50.4 Å². The summed E-state index contributed by atoms with van der Waals surface area (Å²) in [5.74, 6) is 1.29. The van der Waals surface area contributed by atoms with Crippen LogP contribution in [0.4, 0.5) is 0 Å². The Hall–Kier alpha value is -2.02. The molecule has 0 aliphatic carbocycles. The van der Waals surface area contributed by atoms with Crippen molar-refractivity contribution in [1.29, 1.82) is 0 Å². The van der Waals surface area contributed by atoms with Gasteiger partial charge in [0.25, 0.3) is 0 Å². The summed E-state index contributed by atoms with van der Waals surface area (Å²) in [4.78, 5) is 17.2. The zero-order chi connectivity index (χ0) is 16.8. The maximum Gasteiger partial charge on any atom is 0.226 e. The summed E-state index contributed by atoms with van der Waals surface area (Å²) < 4.78 is 16.3. The van der Waals surface area contributed by atoms with E-state index in [0.29, 0.717) is 11.7 Å². The molecule has 0 atom stereocenters.